The first-order valence-corrected chi connectivity index (χ1v) is 9.20. The minimum Gasteiger partial charge on any atom is -0.381 e. The quantitative estimate of drug-likeness (QED) is 0.532. The van der Waals surface area contributed by atoms with Gasteiger partial charge in [0.05, 0.1) is 18.9 Å². The fourth-order valence-electron chi connectivity index (χ4n) is 2.32. The standard InChI is InChI=1S/C13H27N3O4S/c1-3-7-16(12-5-6-14-10-12)13(17)11-15-21(18,19)9-8-20-4-2/h12,14-15H,3-11H2,1-2H3. The van der Waals surface area contributed by atoms with Gasteiger partial charge in [-0.15, -0.1) is 0 Å². The van der Waals surface area contributed by atoms with Gasteiger partial charge in [-0.25, -0.2) is 13.1 Å². The summed E-state index contributed by atoms with van der Waals surface area (Å²) in [5.74, 6) is -0.280. The minimum atomic E-state index is -3.46. The molecule has 1 heterocycles. The predicted octanol–water partition coefficient (Wildman–Crippen LogP) is -0.457. The van der Waals surface area contributed by atoms with Gasteiger partial charge in [0.2, 0.25) is 15.9 Å². The summed E-state index contributed by atoms with van der Waals surface area (Å²) < 4.78 is 30.9. The van der Waals surface area contributed by atoms with Gasteiger partial charge in [0.1, 0.15) is 0 Å². The highest BCUT2D eigenvalue weighted by Crippen LogP contribution is 2.09. The van der Waals surface area contributed by atoms with Crippen molar-refractivity contribution in [3.05, 3.63) is 0 Å². The molecule has 1 rings (SSSR count). The zero-order valence-electron chi connectivity index (χ0n) is 12.9. The number of sulfonamides is 1. The summed E-state index contributed by atoms with van der Waals surface area (Å²) in [6.07, 6.45) is 1.78. The molecule has 0 saturated carbocycles. The van der Waals surface area contributed by atoms with Crippen molar-refractivity contribution in [3.8, 4) is 0 Å². The van der Waals surface area contributed by atoms with Gasteiger partial charge in [-0.3, -0.25) is 4.79 Å². The molecule has 0 spiro atoms. The SMILES string of the molecule is CCCN(C(=O)CNS(=O)(=O)CCOCC)C1CCNC1. The molecule has 1 saturated heterocycles. The van der Waals surface area contributed by atoms with Crippen LogP contribution in [-0.4, -0.2) is 70.4 Å². The van der Waals surface area contributed by atoms with Gasteiger partial charge in [-0.05, 0) is 26.3 Å². The second kappa shape index (κ2) is 9.34. The van der Waals surface area contributed by atoms with Crippen LogP contribution >= 0.6 is 0 Å². The minimum absolute atomic E-state index is 0.118. The van der Waals surface area contributed by atoms with E-state index in [2.05, 4.69) is 10.0 Å². The summed E-state index contributed by atoms with van der Waals surface area (Å²) in [4.78, 5) is 14.0. The van der Waals surface area contributed by atoms with E-state index in [1.807, 2.05) is 13.8 Å². The van der Waals surface area contributed by atoms with E-state index in [9.17, 15) is 13.2 Å². The number of carbonyl (C=O) groups is 1. The van der Waals surface area contributed by atoms with E-state index in [0.717, 1.165) is 25.9 Å². The molecule has 1 aliphatic heterocycles. The van der Waals surface area contributed by atoms with Crippen LogP contribution < -0.4 is 10.0 Å². The maximum atomic E-state index is 12.2. The molecule has 1 aliphatic rings. The lowest BCUT2D eigenvalue weighted by Gasteiger charge is -2.28. The van der Waals surface area contributed by atoms with E-state index in [1.165, 1.54) is 0 Å². The number of nitrogens with zero attached hydrogens (tertiary/aromatic N) is 1. The van der Waals surface area contributed by atoms with Crippen LogP contribution in [0.4, 0.5) is 0 Å². The van der Waals surface area contributed by atoms with Crippen molar-refractivity contribution in [1.82, 2.24) is 14.9 Å². The largest absolute Gasteiger partial charge is 0.381 e. The maximum absolute atomic E-state index is 12.2. The van der Waals surface area contributed by atoms with Crippen molar-refractivity contribution < 1.29 is 17.9 Å². The molecule has 0 radical (unpaired) electrons. The third kappa shape index (κ3) is 6.73. The summed E-state index contributed by atoms with van der Waals surface area (Å²) in [5.41, 5.74) is 0. The zero-order chi connectivity index (χ0) is 15.7. The number of hydrogen-bond donors (Lipinski definition) is 2. The van der Waals surface area contributed by atoms with Gasteiger partial charge < -0.3 is 15.0 Å². The first-order chi connectivity index (χ1) is 10.00. The molecule has 7 nitrogen and oxygen atoms in total. The lowest BCUT2D eigenvalue weighted by atomic mass is 10.2. The molecule has 0 aromatic carbocycles. The van der Waals surface area contributed by atoms with Crippen LogP contribution in [0.15, 0.2) is 0 Å². The van der Waals surface area contributed by atoms with Crippen LogP contribution in [0.3, 0.4) is 0 Å². The predicted molar refractivity (Wildman–Crippen MR) is 81.6 cm³/mol. The third-order valence-electron chi connectivity index (χ3n) is 3.40. The Bertz CT molecular complexity index is 408. The number of rotatable bonds is 10. The van der Waals surface area contributed by atoms with Crippen molar-refractivity contribution >= 4 is 15.9 Å². The molecule has 2 N–H and O–H groups in total. The molecule has 124 valence electrons. The first kappa shape index (κ1) is 18.3. The second-order valence-corrected chi connectivity index (χ2v) is 7.00. The lowest BCUT2D eigenvalue weighted by molar-refractivity contribution is -0.131. The molecule has 1 amide bonds. The summed E-state index contributed by atoms with van der Waals surface area (Å²) in [7, 11) is -3.46. The second-order valence-electron chi connectivity index (χ2n) is 5.07. The smallest absolute Gasteiger partial charge is 0.237 e. The molecular weight excluding hydrogens is 294 g/mol. The van der Waals surface area contributed by atoms with Gasteiger partial charge in [-0.1, -0.05) is 6.92 Å². The van der Waals surface area contributed by atoms with Crippen molar-refractivity contribution in [2.45, 2.75) is 32.7 Å². The molecule has 8 heteroatoms. The van der Waals surface area contributed by atoms with E-state index < -0.39 is 10.0 Å². The molecular formula is C13H27N3O4S. The Kier molecular flexibility index (Phi) is 8.16. The summed E-state index contributed by atoms with van der Waals surface area (Å²) in [5, 5.41) is 3.22. The van der Waals surface area contributed by atoms with E-state index in [1.54, 1.807) is 4.90 Å². The Morgan fingerprint density at radius 1 is 1.43 bits per heavy atom. The number of ether oxygens (including phenoxy) is 1. The van der Waals surface area contributed by atoms with Crippen LogP contribution in [0.5, 0.6) is 0 Å². The van der Waals surface area contributed by atoms with Crippen LogP contribution in [-0.2, 0) is 19.6 Å². The molecule has 1 atom stereocenters. The molecule has 0 aliphatic carbocycles. The van der Waals surface area contributed by atoms with Crippen molar-refractivity contribution in [2.24, 2.45) is 0 Å². The van der Waals surface area contributed by atoms with Crippen molar-refractivity contribution in [2.75, 3.05) is 45.1 Å². The highest BCUT2D eigenvalue weighted by atomic mass is 32.2. The Hall–Kier alpha value is -0.700. The highest BCUT2D eigenvalue weighted by molar-refractivity contribution is 7.89. The monoisotopic (exact) mass is 321 g/mol. The maximum Gasteiger partial charge on any atom is 0.237 e. The topological polar surface area (TPSA) is 87.7 Å². The Morgan fingerprint density at radius 2 is 2.19 bits per heavy atom. The average molecular weight is 321 g/mol. The normalized spacial score (nSPS) is 18.9. The molecule has 1 unspecified atom stereocenters. The van der Waals surface area contributed by atoms with E-state index in [-0.39, 0.29) is 30.9 Å². The average Bonchev–Trinajstić information content (AvgIpc) is 2.96. The highest BCUT2D eigenvalue weighted by Gasteiger charge is 2.26. The third-order valence-corrected chi connectivity index (χ3v) is 4.69. The van der Waals surface area contributed by atoms with Gasteiger partial charge in [0.25, 0.3) is 0 Å². The van der Waals surface area contributed by atoms with E-state index in [0.29, 0.717) is 13.2 Å². The Labute approximate surface area is 127 Å². The Morgan fingerprint density at radius 3 is 2.76 bits per heavy atom. The Balaban J connectivity index is 2.45. The number of hydrogen-bond acceptors (Lipinski definition) is 5. The van der Waals surface area contributed by atoms with Crippen LogP contribution in [0.25, 0.3) is 0 Å². The van der Waals surface area contributed by atoms with E-state index in [4.69, 9.17) is 4.74 Å². The van der Waals surface area contributed by atoms with Gasteiger partial charge in [0.15, 0.2) is 0 Å². The van der Waals surface area contributed by atoms with Crippen LogP contribution in [0, 0.1) is 0 Å². The first-order valence-electron chi connectivity index (χ1n) is 7.55. The lowest BCUT2D eigenvalue weighted by Crippen LogP contribution is -2.47. The molecule has 21 heavy (non-hydrogen) atoms. The van der Waals surface area contributed by atoms with Gasteiger partial charge >= 0.3 is 0 Å². The summed E-state index contributed by atoms with van der Waals surface area (Å²) in [6, 6.07) is 0.172. The molecule has 1 fully saturated rings. The molecule has 0 aromatic heterocycles. The van der Waals surface area contributed by atoms with Gasteiger partial charge in [-0.2, -0.15) is 0 Å². The number of carbonyl (C=O) groups excluding carboxylic acids is 1. The fourth-order valence-corrected chi connectivity index (χ4v) is 3.14. The summed E-state index contributed by atoms with van der Waals surface area (Å²) >= 11 is 0. The van der Waals surface area contributed by atoms with Gasteiger partial charge in [0, 0.05) is 25.7 Å². The van der Waals surface area contributed by atoms with Crippen LogP contribution in [0.2, 0.25) is 0 Å². The molecule has 0 aromatic rings. The van der Waals surface area contributed by atoms with Crippen LogP contribution in [0.1, 0.15) is 26.7 Å². The van der Waals surface area contributed by atoms with E-state index >= 15 is 0 Å². The van der Waals surface area contributed by atoms with Crippen molar-refractivity contribution in [3.63, 3.8) is 0 Å². The molecule has 0 bridgehead atoms. The summed E-state index contributed by atoms with van der Waals surface area (Å²) in [6.45, 7) is 6.60. The number of nitrogens with one attached hydrogen (secondary N) is 2. The van der Waals surface area contributed by atoms with Crippen molar-refractivity contribution in [1.29, 1.82) is 0 Å². The number of amides is 1. The fraction of sp³-hybridized carbons (Fsp3) is 0.923. The zero-order valence-corrected chi connectivity index (χ0v) is 13.7.